The third kappa shape index (κ3) is 5.42. The van der Waals surface area contributed by atoms with Crippen molar-refractivity contribution in [3.63, 3.8) is 0 Å². The second-order valence-electron chi connectivity index (χ2n) is 6.51. The highest BCUT2D eigenvalue weighted by Gasteiger charge is 2.34. The Labute approximate surface area is 140 Å². The molecule has 0 spiro atoms. The van der Waals surface area contributed by atoms with Crippen LogP contribution in [0.25, 0.3) is 0 Å². The quantitative estimate of drug-likeness (QED) is 0.804. The largest absolute Gasteiger partial charge is 0.490 e. The van der Waals surface area contributed by atoms with Crippen LogP contribution in [0.5, 0.6) is 5.75 Å². The fraction of sp³-hybridized carbons (Fsp3) is 0.625. The summed E-state index contributed by atoms with van der Waals surface area (Å²) in [6.07, 6.45) is 1.66. The van der Waals surface area contributed by atoms with Crippen LogP contribution in [0.4, 0.5) is 4.79 Å². The van der Waals surface area contributed by atoms with Gasteiger partial charge in [0.1, 0.15) is 18.0 Å². The minimum atomic E-state index is -0.537. The Morgan fingerprint density at radius 2 is 2.09 bits per heavy atom. The summed E-state index contributed by atoms with van der Waals surface area (Å²) in [7, 11) is 1.34. The first kappa shape index (κ1) is 17.6. The molecule has 0 saturated heterocycles. The van der Waals surface area contributed by atoms with Crippen molar-refractivity contribution in [2.45, 2.75) is 45.3 Å². The average Bonchev–Trinajstić information content (AvgIpc) is 3.19. The minimum absolute atomic E-state index is 0.129. The van der Waals surface area contributed by atoms with E-state index < -0.39 is 17.7 Å². The maximum Gasteiger partial charge on any atom is 0.408 e. The molecule has 2 rings (SSSR count). The van der Waals surface area contributed by atoms with E-state index in [4.69, 9.17) is 14.2 Å². The molecule has 1 aromatic heterocycles. The molecule has 0 radical (unpaired) electrons. The zero-order valence-corrected chi connectivity index (χ0v) is 14.7. The van der Waals surface area contributed by atoms with Gasteiger partial charge in [0.25, 0.3) is 0 Å². The van der Waals surface area contributed by atoms with E-state index in [2.05, 4.69) is 5.32 Å². The van der Waals surface area contributed by atoms with Gasteiger partial charge < -0.3 is 19.5 Å². The van der Waals surface area contributed by atoms with Crippen LogP contribution in [-0.2, 0) is 9.47 Å². The van der Waals surface area contributed by atoms with Crippen molar-refractivity contribution in [1.82, 2.24) is 5.32 Å². The number of alkyl carbamates (subject to hydrolysis) is 1. The molecule has 1 fully saturated rings. The summed E-state index contributed by atoms with van der Waals surface area (Å²) in [6.45, 7) is 5.76. The summed E-state index contributed by atoms with van der Waals surface area (Å²) in [4.78, 5) is 24.0. The smallest absolute Gasteiger partial charge is 0.408 e. The molecule has 1 amide bonds. The van der Waals surface area contributed by atoms with Gasteiger partial charge in [-0.25, -0.2) is 9.59 Å². The molecule has 1 N–H and O–H groups in total. The van der Waals surface area contributed by atoms with E-state index >= 15 is 0 Å². The summed E-state index contributed by atoms with van der Waals surface area (Å²) in [5, 5.41) is 4.63. The van der Waals surface area contributed by atoms with E-state index in [9.17, 15) is 9.59 Å². The van der Waals surface area contributed by atoms with Gasteiger partial charge in [0.2, 0.25) is 0 Å². The first-order valence-electron chi connectivity index (χ1n) is 7.58. The third-order valence-corrected chi connectivity index (χ3v) is 4.19. The van der Waals surface area contributed by atoms with E-state index in [1.54, 1.807) is 11.4 Å². The maximum absolute atomic E-state index is 11.9. The van der Waals surface area contributed by atoms with Gasteiger partial charge in [-0.2, -0.15) is 0 Å². The van der Waals surface area contributed by atoms with Crippen LogP contribution in [-0.4, -0.2) is 37.4 Å². The van der Waals surface area contributed by atoms with Crippen LogP contribution in [0.15, 0.2) is 11.4 Å². The molecule has 0 aliphatic heterocycles. The standard InChI is InChI=1S/C16H23NO5S/c1-16(2,3)22-15(19)17-11(10-5-6-10)9-21-12-7-8-23-13(12)14(18)20-4/h7-8,10-11H,5-6,9H2,1-4H3,(H,17,19). The Balaban J connectivity index is 1.92. The second kappa shape index (κ2) is 7.21. The fourth-order valence-electron chi connectivity index (χ4n) is 2.09. The van der Waals surface area contributed by atoms with Crippen LogP contribution in [0.3, 0.4) is 0 Å². The van der Waals surface area contributed by atoms with Crippen molar-refractivity contribution < 1.29 is 23.8 Å². The van der Waals surface area contributed by atoms with Crippen molar-refractivity contribution in [1.29, 1.82) is 0 Å². The molecule has 23 heavy (non-hydrogen) atoms. The van der Waals surface area contributed by atoms with Gasteiger partial charge in [0, 0.05) is 0 Å². The van der Waals surface area contributed by atoms with Gasteiger partial charge in [-0.1, -0.05) is 0 Å². The van der Waals surface area contributed by atoms with Gasteiger partial charge in [0.05, 0.1) is 13.2 Å². The number of amides is 1. The van der Waals surface area contributed by atoms with Crippen LogP contribution in [0.2, 0.25) is 0 Å². The van der Waals surface area contributed by atoms with E-state index in [1.165, 1.54) is 18.4 Å². The molecule has 128 valence electrons. The molecule has 7 heteroatoms. The molecule has 1 unspecified atom stereocenters. The van der Waals surface area contributed by atoms with Crippen LogP contribution < -0.4 is 10.1 Å². The number of carbonyl (C=O) groups is 2. The van der Waals surface area contributed by atoms with Crippen LogP contribution in [0, 0.1) is 5.92 Å². The number of esters is 1. The van der Waals surface area contributed by atoms with Crippen LogP contribution in [0.1, 0.15) is 43.3 Å². The summed E-state index contributed by atoms with van der Waals surface area (Å²) in [5.41, 5.74) is -0.537. The number of thiophene rings is 1. The molecule has 1 heterocycles. The molecule has 0 bridgehead atoms. The van der Waals surface area contributed by atoms with Crippen LogP contribution >= 0.6 is 11.3 Å². The molecule has 1 aliphatic carbocycles. The maximum atomic E-state index is 11.9. The van der Waals surface area contributed by atoms with Gasteiger partial charge in [-0.05, 0) is 51.0 Å². The number of nitrogens with one attached hydrogen (secondary N) is 1. The first-order valence-corrected chi connectivity index (χ1v) is 8.46. The second-order valence-corrected chi connectivity index (χ2v) is 7.42. The number of ether oxygens (including phenoxy) is 3. The van der Waals surface area contributed by atoms with E-state index in [0.29, 0.717) is 23.2 Å². The lowest BCUT2D eigenvalue weighted by molar-refractivity contribution is 0.0475. The van der Waals surface area contributed by atoms with Gasteiger partial charge >= 0.3 is 12.1 Å². The Morgan fingerprint density at radius 1 is 1.39 bits per heavy atom. The number of methoxy groups -OCH3 is 1. The zero-order valence-electron chi connectivity index (χ0n) is 13.9. The fourth-order valence-corrected chi connectivity index (χ4v) is 2.84. The number of hydrogen-bond acceptors (Lipinski definition) is 6. The Morgan fingerprint density at radius 3 is 2.65 bits per heavy atom. The Hall–Kier alpha value is -1.76. The van der Waals surface area contributed by atoms with Crippen molar-refractivity contribution in [2.24, 2.45) is 5.92 Å². The third-order valence-electron chi connectivity index (χ3n) is 3.31. The predicted octanol–water partition coefficient (Wildman–Crippen LogP) is 3.22. The Kier molecular flexibility index (Phi) is 5.51. The summed E-state index contributed by atoms with van der Waals surface area (Å²) in [5.74, 6) is 0.458. The van der Waals surface area contributed by atoms with Crippen molar-refractivity contribution in [3.8, 4) is 5.75 Å². The zero-order chi connectivity index (χ0) is 17.0. The monoisotopic (exact) mass is 341 g/mol. The van der Waals surface area contributed by atoms with Crippen molar-refractivity contribution >= 4 is 23.4 Å². The molecular weight excluding hydrogens is 318 g/mol. The van der Waals surface area contributed by atoms with E-state index in [-0.39, 0.29) is 6.04 Å². The van der Waals surface area contributed by atoms with Crippen molar-refractivity contribution in [3.05, 3.63) is 16.3 Å². The highest BCUT2D eigenvalue weighted by molar-refractivity contribution is 7.12. The lowest BCUT2D eigenvalue weighted by Gasteiger charge is -2.23. The topological polar surface area (TPSA) is 73.9 Å². The summed E-state index contributed by atoms with van der Waals surface area (Å²) in [6, 6.07) is 1.60. The van der Waals surface area contributed by atoms with Gasteiger partial charge in [-0.3, -0.25) is 0 Å². The Bertz CT molecular complexity index is 559. The molecule has 0 aromatic carbocycles. The van der Waals surface area contributed by atoms with Gasteiger partial charge in [-0.15, -0.1) is 11.3 Å². The highest BCUT2D eigenvalue weighted by Crippen LogP contribution is 2.34. The minimum Gasteiger partial charge on any atom is -0.490 e. The first-order chi connectivity index (χ1) is 10.8. The average molecular weight is 341 g/mol. The van der Waals surface area contributed by atoms with E-state index in [0.717, 1.165) is 12.8 Å². The lowest BCUT2D eigenvalue weighted by atomic mass is 10.2. The predicted molar refractivity (Wildman–Crippen MR) is 87.0 cm³/mol. The van der Waals surface area contributed by atoms with E-state index in [1.807, 2.05) is 20.8 Å². The molecule has 6 nitrogen and oxygen atoms in total. The number of rotatable bonds is 6. The molecule has 1 saturated carbocycles. The van der Waals surface area contributed by atoms with Crippen molar-refractivity contribution in [2.75, 3.05) is 13.7 Å². The molecule has 1 aromatic rings. The normalized spacial score (nSPS) is 15.7. The summed E-state index contributed by atoms with van der Waals surface area (Å²) >= 11 is 1.27. The number of carbonyl (C=O) groups excluding carboxylic acids is 2. The highest BCUT2D eigenvalue weighted by atomic mass is 32.1. The molecule has 1 atom stereocenters. The SMILES string of the molecule is COC(=O)c1sccc1OCC(NC(=O)OC(C)(C)C)C1CC1. The molecule has 1 aliphatic rings. The molecular formula is C16H23NO5S. The lowest BCUT2D eigenvalue weighted by Crippen LogP contribution is -2.43. The number of hydrogen-bond donors (Lipinski definition) is 1. The summed E-state index contributed by atoms with van der Waals surface area (Å²) < 4.78 is 15.7. The van der Waals surface area contributed by atoms with Gasteiger partial charge in [0.15, 0.2) is 4.88 Å².